The van der Waals surface area contributed by atoms with Gasteiger partial charge in [0.2, 0.25) is 5.91 Å². The summed E-state index contributed by atoms with van der Waals surface area (Å²) in [4.78, 5) is 13.2. The summed E-state index contributed by atoms with van der Waals surface area (Å²) in [5.41, 5.74) is 6.60. The molecule has 0 aliphatic rings. The van der Waals surface area contributed by atoms with E-state index in [0.717, 1.165) is 11.3 Å². The van der Waals surface area contributed by atoms with Gasteiger partial charge in [0.15, 0.2) is 0 Å². The summed E-state index contributed by atoms with van der Waals surface area (Å²) in [6.45, 7) is 4.86. The molecule has 17 heavy (non-hydrogen) atoms. The molecule has 0 aliphatic carbocycles. The molecule has 0 saturated carbocycles. The molecule has 0 radical (unpaired) electrons. The smallest absolute Gasteiger partial charge is 0.239 e. The lowest BCUT2D eigenvalue weighted by Crippen LogP contribution is -2.39. The number of hydrogen-bond donors (Lipinski definition) is 1. The van der Waals surface area contributed by atoms with E-state index in [-0.39, 0.29) is 5.91 Å². The highest BCUT2D eigenvalue weighted by atomic mass is 16.5. The highest BCUT2D eigenvalue weighted by Crippen LogP contribution is 2.13. The predicted molar refractivity (Wildman–Crippen MR) is 67.7 cm³/mol. The zero-order valence-corrected chi connectivity index (χ0v) is 10.6. The molecule has 94 valence electrons. The Balaban J connectivity index is 2.60. The number of amides is 1. The monoisotopic (exact) mass is 236 g/mol. The van der Waals surface area contributed by atoms with Crippen LogP contribution in [0.5, 0.6) is 5.75 Å². The van der Waals surface area contributed by atoms with Crippen molar-refractivity contribution in [2.45, 2.75) is 26.4 Å². The molecule has 1 amide bonds. The molecule has 1 rings (SSSR count). The summed E-state index contributed by atoms with van der Waals surface area (Å²) in [6.07, 6.45) is 0. The molecule has 0 bridgehead atoms. The lowest BCUT2D eigenvalue weighted by atomic mass is 10.2. The third-order valence-electron chi connectivity index (χ3n) is 2.42. The van der Waals surface area contributed by atoms with Gasteiger partial charge in [-0.2, -0.15) is 0 Å². The Kier molecular flexibility index (Phi) is 4.97. The predicted octanol–water partition coefficient (Wildman–Crippen LogP) is 1.39. The first-order valence-corrected chi connectivity index (χ1v) is 5.77. The number of likely N-dealkylation sites (N-methyl/N-ethyl adjacent to an activating group) is 1. The molecule has 4 heteroatoms. The Morgan fingerprint density at radius 2 is 2.00 bits per heavy atom. The molecular formula is C13H20N2O2. The highest BCUT2D eigenvalue weighted by Gasteiger charge is 2.13. The van der Waals surface area contributed by atoms with Crippen molar-refractivity contribution in [1.82, 2.24) is 4.90 Å². The number of benzene rings is 1. The van der Waals surface area contributed by atoms with E-state index in [4.69, 9.17) is 10.5 Å². The van der Waals surface area contributed by atoms with E-state index in [1.54, 1.807) is 18.9 Å². The molecule has 1 aromatic carbocycles. The maximum atomic E-state index is 11.6. The van der Waals surface area contributed by atoms with Crippen molar-refractivity contribution in [2.24, 2.45) is 5.73 Å². The van der Waals surface area contributed by atoms with Crippen molar-refractivity contribution in [3.8, 4) is 5.75 Å². The Hall–Kier alpha value is -1.55. The fourth-order valence-corrected chi connectivity index (χ4v) is 1.56. The van der Waals surface area contributed by atoms with Gasteiger partial charge >= 0.3 is 0 Å². The lowest BCUT2D eigenvalue weighted by Gasteiger charge is -2.19. The molecule has 0 unspecified atom stereocenters. The molecule has 0 saturated heterocycles. The Morgan fingerprint density at radius 3 is 2.47 bits per heavy atom. The number of hydrogen-bond acceptors (Lipinski definition) is 3. The third-order valence-corrected chi connectivity index (χ3v) is 2.42. The highest BCUT2D eigenvalue weighted by molar-refractivity contribution is 5.80. The Morgan fingerprint density at radius 1 is 1.41 bits per heavy atom. The minimum Gasteiger partial charge on any atom is -0.494 e. The fourth-order valence-electron chi connectivity index (χ4n) is 1.56. The van der Waals surface area contributed by atoms with E-state index in [9.17, 15) is 4.79 Å². The Labute approximate surface area is 102 Å². The number of carbonyl (C=O) groups excluding carboxylic acids is 1. The van der Waals surface area contributed by atoms with Crippen LogP contribution < -0.4 is 10.5 Å². The van der Waals surface area contributed by atoms with Gasteiger partial charge in [-0.3, -0.25) is 4.79 Å². The van der Waals surface area contributed by atoms with Crippen molar-refractivity contribution in [3.05, 3.63) is 29.8 Å². The van der Waals surface area contributed by atoms with E-state index in [0.29, 0.717) is 13.2 Å². The maximum Gasteiger partial charge on any atom is 0.239 e. The largest absolute Gasteiger partial charge is 0.494 e. The van der Waals surface area contributed by atoms with Gasteiger partial charge in [-0.15, -0.1) is 0 Å². The molecule has 0 heterocycles. The average molecular weight is 236 g/mol. The maximum absolute atomic E-state index is 11.6. The van der Waals surface area contributed by atoms with E-state index in [2.05, 4.69) is 0 Å². The summed E-state index contributed by atoms with van der Waals surface area (Å²) in [5, 5.41) is 0. The van der Waals surface area contributed by atoms with Crippen LogP contribution in [0.15, 0.2) is 24.3 Å². The van der Waals surface area contributed by atoms with Gasteiger partial charge in [-0.1, -0.05) is 12.1 Å². The van der Waals surface area contributed by atoms with Gasteiger partial charge in [0.25, 0.3) is 0 Å². The molecule has 0 aromatic heterocycles. The summed E-state index contributed by atoms with van der Waals surface area (Å²) in [7, 11) is 1.75. The van der Waals surface area contributed by atoms with Crippen molar-refractivity contribution >= 4 is 5.91 Å². The topological polar surface area (TPSA) is 55.6 Å². The first-order chi connectivity index (χ1) is 8.04. The van der Waals surface area contributed by atoms with Gasteiger partial charge in [0, 0.05) is 13.6 Å². The van der Waals surface area contributed by atoms with Gasteiger partial charge < -0.3 is 15.4 Å². The summed E-state index contributed by atoms with van der Waals surface area (Å²) < 4.78 is 5.35. The van der Waals surface area contributed by atoms with Crippen LogP contribution >= 0.6 is 0 Å². The molecule has 0 fully saturated rings. The van der Waals surface area contributed by atoms with Gasteiger partial charge in [-0.25, -0.2) is 0 Å². The second kappa shape index (κ2) is 6.25. The van der Waals surface area contributed by atoms with E-state index in [1.807, 2.05) is 31.2 Å². The van der Waals surface area contributed by atoms with Gasteiger partial charge in [-0.05, 0) is 31.5 Å². The van der Waals surface area contributed by atoms with E-state index in [1.165, 1.54) is 0 Å². The molecule has 0 spiro atoms. The van der Waals surface area contributed by atoms with Crippen LogP contribution in [0.1, 0.15) is 19.4 Å². The van der Waals surface area contributed by atoms with Crippen LogP contribution in [-0.2, 0) is 11.3 Å². The fraction of sp³-hybridized carbons (Fsp3) is 0.462. The zero-order valence-electron chi connectivity index (χ0n) is 10.6. The summed E-state index contributed by atoms with van der Waals surface area (Å²) in [5.74, 6) is 0.788. The van der Waals surface area contributed by atoms with Crippen molar-refractivity contribution in [1.29, 1.82) is 0 Å². The quantitative estimate of drug-likeness (QED) is 0.840. The van der Waals surface area contributed by atoms with Crippen molar-refractivity contribution < 1.29 is 9.53 Å². The van der Waals surface area contributed by atoms with Crippen LogP contribution in [0.2, 0.25) is 0 Å². The number of carbonyl (C=O) groups is 1. The van der Waals surface area contributed by atoms with Gasteiger partial charge in [0.05, 0.1) is 12.6 Å². The summed E-state index contributed by atoms with van der Waals surface area (Å²) in [6, 6.07) is 7.26. The van der Waals surface area contributed by atoms with E-state index >= 15 is 0 Å². The number of rotatable bonds is 5. The second-order valence-corrected chi connectivity index (χ2v) is 4.06. The Bertz CT molecular complexity index is 360. The van der Waals surface area contributed by atoms with Crippen molar-refractivity contribution in [2.75, 3.05) is 13.7 Å². The van der Waals surface area contributed by atoms with Crippen LogP contribution in [0.4, 0.5) is 0 Å². The molecule has 1 aromatic rings. The van der Waals surface area contributed by atoms with Crippen LogP contribution in [0.3, 0.4) is 0 Å². The first-order valence-electron chi connectivity index (χ1n) is 5.77. The zero-order chi connectivity index (χ0) is 12.8. The number of nitrogens with two attached hydrogens (primary N) is 1. The lowest BCUT2D eigenvalue weighted by molar-refractivity contribution is -0.131. The minimum absolute atomic E-state index is 0.0566. The molecule has 1 atom stereocenters. The van der Waals surface area contributed by atoms with Crippen molar-refractivity contribution in [3.63, 3.8) is 0 Å². The van der Waals surface area contributed by atoms with E-state index < -0.39 is 6.04 Å². The second-order valence-electron chi connectivity index (χ2n) is 4.06. The first kappa shape index (κ1) is 13.5. The van der Waals surface area contributed by atoms with Crippen LogP contribution in [0, 0.1) is 0 Å². The van der Waals surface area contributed by atoms with Crippen LogP contribution in [0.25, 0.3) is 0 Å². The number of nitrogens with zero attached hydrogens (tertiary/aromatic N) is 1. The average Bonchev–Trinajstić information content (AvgIpc) is 2.30. The molecule has 4 nitrogen and oxygen atoms in total. The molecular weight excluding hydrogens is 216 g/mol. The van der Waals surface area contributed by atoms with Gasteiger partial charge in [0.1, 0.15) is 5.75 Å². The van der Waals surface area contributed by atoms with Crippen LogP contribution in [-0.4, -0.2) is 30.5 Å². The summed E-state index contributed by atoms with van der Waals surface area (Å²) >= 11 is 0. The molecule has 2 N–H and O–H groups in total. The normalized spacial score (nSPS) is 12.0. The SMILES string of the molecule is CCOc1ccc(CN(C)C(=O)[C@H](C)N)cc1. The number of ether oxygens (including phenoxy) is 1. The molecule has 0 aliphatic heterocycles. The standard InChI is InChI=1S/C13H20N2O2/c1-4-17-12-7-5-11(6-8-12)9-15(3)13(16)10(2)14/h5-8,10H,4,9,14H2,1-3H3/t10-/m0/s1. The minimum atomic E-state index is -0.456. The third kappa shape index (κ3) is 4.07.